The van der Waals surface area contributed by atoms with E-state index in [4.69, 9.17) is 0 Å². The number of aromatic nitrogens is 2. The lowest BCUT2D eigenvalue weighted by Crippen LogP contribution is -2.11. The molecule has 0 saturated carbocycles. The monoisotopic (exact) mass is 277 g/mol. The van der Waals surface area contributed by atoms with Crippen LogP contribution >= 0.6 is 15.9 Å². The van der Waals surface area contributed by atoms with Crippen molar-refractivity contribution >= 4 is 27.4 Å². The van der Waals surface area contributed by atoms with Crippen molar-refractivity contribution in [3.63, 3.8) is 0 Å². The van der Waals surface area contributed by atoms with Crippen LogP contribution in [0.25, 0.3) is 0 Å². The summed E-state index contributed by atoms with van der Waals surface area (Å²) in [6, 6.07) is 5.96. The minimum atomic E-state index is 0.923. The number of aryl methyl sites for hydroxylation is 1. The average molecular weight is 278 g/mol. The minimum absolute atomic E-state index is 0.923. The molecule has 0 amide bonds. The maximum absolute atomic E-state index is 4.37. The Bertz CT molecular complexity index is 485. The summed E-state index contributed by atoms with van der Waals surface area (Å²) in [5.41, 5.74) is 2.25. The highest BCUT2D eigenvalue weighted by molar-refractivity contribution is 9.10. The van der Waals surface area contributed by atoms with Crippen molar-refractivity contribution in [1.82, 2.24) is 9.97 Å². The molecule has 0 N–H and O–H groups in total. The van der Waals surface area contributed by atoms with Crippen molar-refractivity contribution in [3.05, 3.63) is 46.8 Å². The Morgan fingerprint density at radius 1 is 1.25 bits per heavy atom. The van der Waals surface area contributed by atoms with E-state index >= 15 is 0 Å². The van der Waals surface area contributed by atoms with E-state index in [9.17, 15) is 0 Å². The second-order valence-electron chi connectivity index (χ2n) is 3.56. The molecule has 2 rings (SSSR count). The lowest BCUT2D eigenvalue weighted by Gasteiger charge is -2.18. The zero-order chi connectivity index (χ0) is 11.5. The van der Waals surface area contributed by atoms with Gasteiger partial charge in [-0.3, -0.25) is 4.98 Å². The zero-order valence-electron chi connectivity index (χ0n) is 9.18. The van der Waals surface area contributed by atoms with Gasteiger partial charge in [0.05, 0.1) is 0 Å². The van der Waals surface area contributed by atoms with Crippen LogP contribution in [-0.2, 0) is 0 Å². The standard InChI is InChI=1S/C12H12BrN3/c1-9-7-12(15-8-11(9)13)16(2)10-3-5-14-6-4-10/h3-8H,1-2H3. The highest BCUT2D eigenvalue weighted by Gasteiger charge is 2.06. The molecular weight excluding hydrogens is 266 g/mol. The number of nitrogens with zero attached hydrogens (tertiary/aromatic N) is 3. The number of halogens is 1. The fourth-order valence-electron chi connectivity index (χ4n) is 1.41. The summed E-state index contributed by atoms with van der Waals surface area (Å²) in [7, 11) is 1.99. The van der Waals surface area contributed by atoms with E-state index in [0.717, 1.165) is 16.0 Å². The van der Waals surface area contributed by atoms with E-state index in [1.807, 2.05) is 36.3 Å². The van der Waals surface area contributed by atoms with E-state index in [1.54, 1.807) is 12.4 Å². The Balaban J connectivity index is 2.34. The number of anilines is 2. The van der Waals surface area contributed by atoms with Crippen LogP contribution in [0.4, 0.5) is 11.5 Å². The van der Waals surface area contributed by atoms with Crippen LogP contribution in [0, 0.1) is 6.92 Å². The van der Waals surface area contributed by atoms with Crippen molar-refractivity contribution in [2.75, 3.05) is 11.9 Å². The largest absolute Gasteiger partial charge is 0.329 e. The Morgan fingerprint density at radius 2 is 1.94 bits per heavy atom. The van der Waals surface area contributed by atoms with Crippen LogP contribution < -0.4 is 4.90 Å². The molecule has 4 heteroatoms. The van der Waals surface area contributed by atoms with E-state index in [0.29, 0.717) is 0 Å². The predicted molar refractivity (Wildman–Crippen MR) is 69.0 cm³/mol. The Morgan fingerprint density at radius 3 is 2.56 bits per heavy atom. The molecule has 0 radical (unpaired) electrons. The summed E-state index contributed by atoms with van der Waals surface area (Å²) in [6.07, 6.45) is 5.37. The van der Waals surface area contributed by atoms with E-state index in [2.05, 4.69) is 32.8 Å². The SMILES string of the molecule is Cc1cc(N(C)c2ccncc2)ncc1Br. The first-order valence-corrected chi connectivity index (χ1v) is 5.73. The van der Waals surface area contributed by atoms with E-state index in [-0.39, 0.29) is 0 Å². The quantitative estimate of drug-likeness (QED) is 0.843. The summed E-state index contributed by atoms with van der Waals surface area (Å²) >= 11 is 3.44. The van der Waals surface area contributed by atoms with Gasteiger partial charge in [0.25, 0.3) is 0 Å². The molecule has 0 atom stereocenters. The minimum Gasteiger partial charge on any atom is -0.329 e. The van der Waals surface area contributed by atoms with Gasteiger partial charge in [-0.05, 0) is 46.6 Å². The highest BCUT2D eigenvalue weighted by atomic mass is 79.9. The topological polar surface area (TPSA) is 29.0 Å². The smallest absolute Gasteiger partial charge is 0.132 e. The van der Waals surface area contributed by atoms with Crippen molar-refractivity contribution in [2.45, 2.75) is 6.92 Å². The molecular formula is C12H12BrN3. The van der Waals surface area contributed by atoms with Gasteiger partial charge in [-0.15, -0.1) is 0 Å². The summed E-state index contributed by atoms with van der Waals surface area (Å²) in [5.74, 6) is 0.923. The lowest BCUT2D eigenvalue weighted by atomic mass is 10.3. The number of hydrogen-bond donors (Lipinski definition) is 0. The molecule has 2 heterocycles. The molecule has 0 saturated heterocycles. The molecule has 2 aromatic heterocycles. The third-order valence-corrected chi connectivity index (χ3v) is 3.26. The van der Waals surface area contributed by atoms with Crippen LogP contribution in [0.2, 0.25) is 0 Å². The highest BCUT2D eigenvalue weighted by Crippen LogP contribution is 2.24. The van der Waals surface area contributed by atoms with E-state index in [1.165, 1.54) is 5.56 Å². The second kappa shape index (κ2) is 4.61. The summed E-state index contributed by atoms with van der Waals surface area (Å²) in [4.78, 5) is 10.4. The maximum Gasteiger partial charge on any atom is 0.132 e. The van der Waals surface area contributed by atoms with Gasteiger partial charge in [-0.1, -0.05) is 0 Å². The normalized spacial score (nSPS) is 10.2. The van der Waals surface area contributed by atoms with Crippen LogP contribution in [0.1, 0.15) is 5.56 Å². The third-order valence-electron chi connectivity index (χ3n) is 2.43. The molecule has 82 valence electrons. The molecule has 16 heavy (non-hydrogen) atoms. The molecule has 0 fully saturated rings. The number of hydrogen-bond acceptors (Lipinski definition) is 3. The fraction of sp³-hybridized carbons (Fsp3) is 0.167. The first-order valence-electron chi connectivity index (χ1n) is 4.94. The van der Waals surface area contributed by atoms with E-state index < -0.39 is 0 Å². The molecule has 0 spiro atoms. The lowest BCUT2D eigenvalue weighted by molar-refractivity contribution is 1.10. The van der Waals surface area contributed by atoms with Gasteiger partial charge in [-0.2, -0.15) is 0 Å². The molecule has 0 aliphatic rings. The number of rotatable bonds is 2. The zero-order valence-corrected chi connectivity index (χ0v) is 10.8. The molecule has 0 aromatic carbocycles. The molecule has 0 unspecified atom stereocenters. The van der Waals surface area contributed by atoms with Gasteiger partial charge in [0, 0.05) is 35.8 Å². The van der Waals surface area contributed by atoms with Crippen LogP contribution in [0.3, 0.4) is 0 Å². The van der Waals surface area contributed by atoms with Gasteiger partial charge in [0.1, 0.15) is 5.82 Å². The van der Waals surface area contributed by atoms with Gasteiger partial charge < -0.3 is 4.90 Å². The Hall–Kier alpha value is -1.42. The molecule has 0 aliphatic heterocycles. The molecule has 0 bridgehead atoms. The predicted octanol–water partition coefficient (Wildman–Crippen LogP) is 3.32. The van der Waals surface area contributed by atoms with Gasteiger partial charge >= 0.3 is 0 Å². The average Bonchev–Trinajstić information content (AvgIpc) is 2.33. The second-order valence-corrected chi connectivity index (χ2v) is 4.41. The summed E-state index contributed by atoms with van der Waals surface area (Å²) in [5, 5.41) is 0. The first kappa shape index (κ1) is 11.1. The van der Waals surface area contributed by atoms with Gasteiger partial charge in [0.2, 0.25) is 0 Å². The van der Waals surface area contributed by atoms with Crippen molar-refractivity contribution in [2.24, 2.45) is 0 Å². The molecule has 0 aliphatic carbocycles. The van der Waals surface area contributed by atoms with Crippen LogP contribution in [-0.4, -0.2) is 17.0 Å². The summed E-state index contributed by atoms with van der Waals surface area (Å²) < 4.78 is 1.03. The third kappa shape index (κ3) is 2.22. The van der Waals surface area contributed by atoms with Crippen LogP contribution in [0.5, 0.6) is 0 Å². The Labute approximate surface area is 103 Å². The summed E-state index contributed by atoms with van der Waals surface area (Å²) in [6.45, 7) is 2.05. The first-order chi connectivity index (χ1) is 7.68. The Kier molecular flexibility index (Phi) is 3.19. The van der Waals surface area contributed by atoms with Crippen LogP contribution in [0.15, 0.2) is 41.3 Å². The maximum atomic E-state index is 4.37. The fourth-order valence-corrected chi connectivity index (χ4v) is 1.62. The van der Waals surface area contributed by atoms with Crippen molar-refractivity contribution in [1.29, 1.82) is 0 Å². The van der Waals surface area contributed by atoms with Crippen molar-refractivity contribution in [3.8, 4) is 0 Å². The van der Waals surface area contributed by atoms with Crippen molar-refractivity contribution < 1.29 is 0 Å². The van der Waals surface area contributed by atoms with Gasteiger partial charge in [0.15, 0.2) is 0 Å². The molecule has 2 aromatic rings. The molecule has 3 nitrogen and oxygen atoms in total. The number of pyridine rings is 2. The van der Waals surface area contributed by atoms with Gasteiger partial charge in [-0.25, -0.2) is 4.98 Å².